The first-order chi connectivity index (χ1) is 33.0. The van der Waals surface area contributed by atoms with Crippen molar-refractivity contribution in [3.8, 4) is 0 Å². The van der Waals surface area contributed by atoms with Gasteiger partial charge in [-0.15, -0.1) is 0 Å². The Labute approximate surface area is 415 Å². The summed E-state index contributed by atoms with van der Waals surface area (Å²) in [5.74, 6) is -0.472. The number of phosphoric ester groups is 1. The Morgan fingerprint density at radius 3 is 1.24 bits per heavy atom. The Morgan fingerprint density at radius 2 is 0.824 bits per heavy atom. The van der Waals surface area contributed by atoms with Gasteiger partial charge in [0, 0.05) is 13.0 Å². The largest absolute Gasteiger partial charge is 0.472 e. The smallest absolute Gasteiger partial charge is 0.457 e. The van der Waals surface area contributed by atoms with E-state index in [4.69, 9.17) is 18.5 Å². The van der Waals surface area contributed by atoms with Gasteiger partial charge in [0.2, 0.25) is 0 Å². The average molecular weight is 989 g/mol. The van der Waals surface area contributed by atoms with Gasteiger partial charge in [-0.1, -0.05) is 231 Å². The van der Waals surface area contributed by atoms with Crippen LogP contribution in [-0.2, 0) is 27.9 Å². The van der Waals surface area contributed by atoms with Crippen molar-refractivity contribution in [3.63, 3.8) is 0 Å². The molecule has 1 rings (SSSR count). The number of esters is 1. The molecule has 402 valence electrons. The van der Waals surface area contributed by atoms with Gasteiger partial charge in [-0.25, -0.2) is 4.57 Å². The highest BCUT2D eigenvalue weighted by Crippen LogP contribution is 2.47. The minimum absolute atomic E-state index is 0.0727. The molecule has 0 radical (unpaired) electrons. The fourth-order valence-corrected chi connectivity index (χ4v) is 9.83. The van der Waals surface area contributed by atoms with E-state index in [9.17, 15) is 39.8 Å². The minimum atomic E-state index is -5.02. The first-order valence-electron chi connectivity index (χ1n) is 28.2. The maximum atomic E-state index is 12.9. The fraction of sp³-hybridized carbons (Fsp3) is 0.909. The van der Waals surface area contributed by atoms with Gasteiger partial charge in [0.05, 0.1) is 13.2 Å². The van der Waals surface area contributed by atoms with E-state index in [-0.39, 0.29) is 13.0 Å². The van der Waals surface area contributed by atoms with Gasteiger partial charge >= 0.3 is 13.8 Å². The number of unbranched alkanes of at least 4 members (excludes halogenated alkanes) is 33. The number of aliphatic hydroxyl groups excluding tert-OH is 5. The van der Waals surface area contributed by atoms with Crippen molar-refractivity contribution in [2.75, 3.05) is 19.8 Å². The molecule has 1 aliphatic rings. The number of allylic oxidation sites excluding steroid dienone is 4. The predicted octanol–water partition coefficient (Wildman–Crippen LogP) is 13.2. The summed E-state index contributed by atoms with van der Waals surface area (Å²) in [4.78, 5) is 23.3. The van der Waals surface area contributed by atoms with E-state index in [0.717, 1.165) is 44.9 Å². The highest BCUT2D eigenvalue weighted by atomic mass is 31.2. The standard InChI is InChI=1S/C55H105O12P/c1-3-5-7-9-11-13-15-17-19-21-22-23-24-25-26-27-29-31-33-35-37-39-41-43-45-64-46-48(47-65-68(62,63)67-55-53(60)51(58)50(57)52(59)54(55)61)66-49(56)44-42-40-38-36-34-32-30-28-20-18-16-14-12-10-8-6-4-2/h15,17,21-22,48,50-55,57-61H,3-14,16,18-20,23-47H2,1-2H3,(H,62,63)/b17-15-,22-21-. The van der Waals surface area contributed by atoms with Gasteiger partial charge in [0.25, 0.3) is 0 Å². The monoisotopic (exact) mass is 989 g/mol. The summed E-state index contributed by atoms with van der Waals surface area (Å²) in [7, 11) is -5.02. The minimum Gasteiger partial charge on any atom is -0.457 e. The summed E-state index contributed by atoms with van der Waals surface area (Å²) in [5, 5.41) is 50.4. The van der Waals surface area contributed by atoms with Crippen LogP contribution in [0.4, 0.5) is 0 Å². The fourth-order valence-electron chi connectivity index (χ4n) is 8.86. The highest BCUT2D eigenvalue weighted by Gasteiger charge is 2.51. The Morgan fingerprint density at radius 1 is 0.471 bits per heavy atom. The molecule has 6 unspecified atom stereocenters. The summed E-state index contributed by atoms with van der Waals surface area (Å²) < 4.78 is 34.4. The lowest BCUT2D eigenvalue weighted by atomic mass is 9.85. The van der Waals surface area contributed by atoms with E-state index in [0.29, 0.717) is 13.0 Å². The van der Waals surface area contributed by atoms with Crippen LogP contribution in [0, 0.1) is 0 Å². The van der Waals surface area contributed by atoms with Crippen LogP contribution >= 0.6 is 7.82 Å². The van der Waals surface area contributed by atoms with Gasteiger partial charge in [0.15, 0.2) is 0 Å². The molecule has 0 aromatic carbocycles. The molecule has 0 spiro atoms. The lowest BCUT2D eigenvalue weighted by Gasteiger charge is -2.41. The normalized spacial score (nSPS) is 21.2. The van der Waals surface area contributed by atoms with E-state index in [1.54, 1.807) is 0 Å². The molecule has 6 atom stereocenters. The SMILES string of the molecule is CCCCCCC/C=C\C/C=C\CCCCCCCCCCCCCCOCC(COP(=O)(O)OC1C(O)C(O)C(O)C(O)C1O)OC(=O)CCCCCCCCCCCCCCCCCCC. The number of phosphoric acid groups is 1. The van der Waals surface area contributed by atoms with Crippen LogP contribution in [0.2, 0.25) is 0 Å². The Bertz CT molecular complexity index is 1220. The van der Waals surface area contributed by atoms with E-state index in [1.807, 2.05) is 0 Å². The quantitative estimate of drug-likeness (QED) is 0.0146. The lowest BCUT2D eigenvalue weighted by Crippen LogP contribution is -2.64. The molecule has 68 heavy (non-hydrogen) atoms. The van der Waals surface area contributed by atoms with Crippen LogP contribution in [0.25, 0.3) is 0 Å². The highest BCUT2D eigenvalue weighted by molar-refractivity contribution is 7.47. The van der Waals surface area contributed by atoms with Crippen molar-refractivity contribution in [1.82, 2.24) is 0 Å². The third-order valence-corrected chi connectivity index (χ3v) is 14.3. The van der Waals surface area contributed by atoms with Crippen LogP contribution in [0.15, 0.2) is 24.3 Å². The van der Waals surface area contributed by atoms with Crippen molar-refractivity contribution < 1.29 is 58.3 Å². The van der Waals surface area contributed by atoms with Crippen LogP contribution < -0.4 is 0 Å². The van der Waals surface area contributed by atoms with E-state index in [2.05, 4.69) is 38.2 Å². The molecule has 0 aromatic rings. The van der Waals surface area contributed by atoms with Gasteiger partial charge in [-0.3, -0.25) is 13.8 Å². The molecule has 0 amide bonds. The molecule has 1 aliphatic carbocycles. The van der Waals surface area contributed by atoms with Crippen molar-refractivity contribution >= 4 is 13.8 Å². The van der Waals surface area contributed by atoms with Gasteiger partial charge in [-0.05, 0) is 44.9 Å². The zero-order valence-corrected chi connectivity index (χ0v) is 44.3. The maximum Gasteiger partial charge on any atom is 0.472 e. The summed E-state index contributed by atoms with van der Waals surface area (Å²) in [6, 6.07) is 0. The summed E-state index contributed by atoms with van der Waals surface area (Å²) >= 11 is 0. The number of rotatable bonds is 49. The zero-order valence-electron chi connectivity index (χ0n) is 43.4. The third-order valence-electron chi connectivity index (χ3n) is 13.3. The predicted molar refractivity (Wildman–Crippen MR) is 276 cm³/mol. The average Bonchev–Trinajstić information content (AvgIpc) is 3.32. The maximum absolute atomic E-state index is 12.9. The molecule has 12 nitrogen and oxygen atoms in total. The van der Waals surface area contributed by atoms with Crippen LogP contribution in [-0.4, -0.2) is 98.9 Å². The van der Waals surface area contributed by atoms with Crippen molar-refractivity contribution in [2.45, 2.75) is 301 Å². The van der Waals surface area contributed by atoms with Crippen molar-refractivity contribution in [3.05, 3.63) is 24.3 Å². The molecule has 0 aromatic heterocycles. The molecule has 0 bridgehead atoms. The Hall–Kier alpha value is -1.18. The van der Waals surface area contributed by atoms with Gasteiger partial charge in [-0.2, -0.15) is 0 Å². The molecule has 0 aliphatic heterocycles. The van der Waals surface area contributed by atoms with Crippen LogP contribution in [0.3, 0.4) is 0 Å². The molecule has 13 heteroatoms. The number of aliphatic hydroxyl groups is 5. The lowest BCUT2D eigenvalue weighted by molar-refractivity contribution is -0.220. The number of hydrogen-bond acceptors (Lipinski definition) is 11. The molecular formula is C55H105O12P. The van der Waals surface area contributed by atoms with E-state index < -0.39 is 63.1 Å². The van der Waals surface area contributed by atoms with Crippen LogP contribution in [0.5, 0.6) is 0 Å². The number of carbonyl (C=O) groups excluding carboxylic acids is 1. The number of carbonyl (C=O) groups is 1. The van der Waals surface area contributed by atoms with Crippen LogP contribution in [0.1, 0.15) is 258 Å². The summed E-state index contributed by atoms with van der Waals surface area (Å²) in [5.41, 5.74) is 0. The number of hydrogen-bond donors (Lipinski definition) is 6. The van der Waals surface area contributed by atoms with E-state index in [1.165, 1.54) is 186 Å². The first kappa shape index (κ1) is 64.8. The second-order valence-corrected chi connectivity index (χ2v) is 21.2. The van der Waals surface area contributed by atoms with Gasteiger partial charge < -0.3 is 39.9 Å². The molecule has 1 fully saturated rings. The molecule has 6 N–H and O–H groups in total. The Balaban J connectivity index is 2.27. The number of ether oxygens (including phenoxy) is 2. The molecular weight excluding hydrogens is 884 g/mol. The van der Waals surface area contributed by atoms with Crippen molar-refractivity contribution in [2.24, 2.45) is 0 Å². The summed E-state index contributed by atoms with van der Waals surface area (Å²) in [6.45, 7) is 4.30. The first-order valence-corrected chi connectivity index (χ1v) is 29.7. The third kappa shape index (κ3) is 36.7. The van der Waals surface area contributed by atoms with Gasteiger partial charge in [0.1, 0.15) is 42.7 Å². The topological polar surface area (TPSA) is 192 Å². The molecule has 0 saturated heterocycles. The summed E-state index contributed by atoms with van der Waals surface area (Å²) in [6.07, 6.45) is 42.5. The Kier molecular flexibility index (Phi) is 43.5. The molecule has 1 saturated carbocycles. The van der Waals surface area contributed by atoms with E-state index >= 15 is 0 Å². The zero-order chi connectivity index (χ0) is 49.8. The second-order valence-electron chi connectivity index (χ2n) is 19.8. The second kappa shape index (κ2) is 45.7. The van der Waals surface area contributed by atoms with Crippen molar-refractivity contribution in [1.29, 1.82) is 0 Å². The molecule has 0 heterocycles.